The minimum Gasteiger partial charge on any atom is -0.512 e. The van der Waals surface area contributed by atoms with Crippen LogP contribution in [0.3, 0.4) is 0 Å². The van der Waals surface area contributed by atoms with Gasteiger partial charge in [-0.25, -0.2) is 0 Å². The summed E-state index contributed by atoms with van der Waals surface area (Å²) in [5, 5.41) is 16.7. The molecule has 2 N–H and O–H groups in total. The molecule has 0 amide bonds. The van der Waals surface area contributed by atoms with Crippen LogP contribution in [-0.2, 0) is 43.7 Å². The number of aliphatic hydroxyl groups excluding tert-OH is 2. The van der Waals surface area contributed by atoms with Crippen LogP contribution in [0.2, 0.25) is 0 Å². The summed E-state index contributed by atoms with van der Waals surface area (Å²) in [6.07, 6.45) is 2.33. The van der Waals surface area contributed by atoms with Crippen molar-refractivity contribution >= 4 is 11.6 Å². The minimum absolute atomic E-state index is 0. The second-order valence-electron chi connectivity index (χ2n) is 2.79. The average molecular weight is 327 g/mol. The normalized spacial score (nSPS) is 10.0. The molecule has 0 aromatic heterocycles. The molecular weight excluding hydrogens is 311 g/mol. The van der Waals surface area contributed by atoms with Crippen LogP contribution in [-0.4, -0.2) is 21.8 Å². The van der Waals surface area contributed by atoms with E-state index in [9.17, 15) is 9.59 Å². The Morgan fingerprint density at radius 3 is 0.938 bits per heavy atom. The summed E-state index contributed by atoms with van der Waals surface area (Å²) < 4.78 is 0. The Morgan fingerprint density at radius 1 is 0.750 bits per heavy atom. The maximum atomic E-state index is 10.0. The van der Waals surface area contributed by atoms with Crippen LogP contribution in [0.15, 0.2) is 23.7 Å². The fraction of sp³-hybridized carbons (Fsp3) is 0.400. The van der Waals surface area contributed by atoms with Gasteiger partial charge < -0.3 is 10.2 Å². The molecule has 0 saturated carbocycles. The minimum atomic E-state index is -0.125. The molecule has 6 heteroatoms. The van der Waals surface area contributed by atoms with Gasteiger partial charge in [-0.15, -0.1) is 0 Å². The molecule has 2 radical (unpaired) electrons. The van der Waals surface area contributed by atoms with Crippen LogP contribution >= 0.6 is 0 Å². The number of carbonyl (C=O) groups is 2. The van der Waals surface area contributed by atoms with Gasteiger partial charge in [-0.2, -0.15) is 0 Å². The van der Waals surface area contributed by atoms with Gasteiger partial charge in [0, 0.05) is 46.3 Å². The molecule has 0 aromatic rings. The van der Waals surface area contributed by atoms with Gasteiger partial charge >= 0.3 is 0 Å². The Hall–Kier alpha value is -0.541. The van der Waals surface area contributed by atoms with Crippen LogP contribution in [0.25, 0.3) is 0 Å². The smallest absolute Gasteiger partial charge is 0.155 e. The van der Waals surface area contributed by atoms with Gasteiger partial charge in [-0.05, 0) is 27.7 Å². The summed E-state index contributed by atoms with van der Waals surface area (Å²) >= 11 is 0. The molecule has 4 nitrogen and oxygen atoms in total. The predicted molar refractivity (Wildman–Crippen MR) is 54.1 cm³/mol. The van der Waals surface area contributed by atoms with Gasteiger partial charge in [0.15, 0.2) is 11.6 Å². The van der Waals surface area contributed by atoms with E-state index in [1.807, 2.05) is 0 Å². The van der Waals surface area contributed by atoms with Crippen molar-refractivity contribution in [1.29, 1.82) is 0 Å². The van der Waals surface area contributed by atoms with Crippen molar-refractivity contribution in [1.82, 2.24) is 0 Å². The number of allylic oxidation sites excluding steroid dienone is 4. The van der Waals surface area contributed by atoms with Crippen molar-refractivity contribution < 1.29 is 53.9 Å². The molecule has 0 heterocycles. The van der Waals surface area contributed by atoms with Gasteiger partial charge in [-0.3, -0.25) is 9.59 Å². The zero-order valence-corrected chi connectivity index (χ0v) is 11.4. The zero-order valence-electron chi connectivity index (χ0n) is 9.47. The third kappa shape index (κ3) is 37.6. The number of rotatable bonds is 2. The number of hydrogen-bond acceptors (Lipinski definition) is 4. The van der Waals surface area contributed by atoms with Gasteiger partial charge in [-0.1, -0.05) is 0 Å². The molecular formula is C10H16Cu2O4. The van der Waals surface area contributed by atoms with E-state index in [0.29, 0.717) is 0 Å². The zero-order chi connectivity index (χ0) is 11.7. The topological polar surface area (TPSA) is 74.6 Å². The maximum Gasteiger partial charge on any atom is 0.155 e. The standard InChI is InChI=1S/2C5H8O2.2Cu/c2*1-4(6)3-5(2)7;;/h2*3,6H,1-2H3;;/b2*4-3-;;. The second-order valence-corrected chi connectivity index (χ2v) is 2.79. The van der Waals surface area contributed by atoms with E-state index in [-0.39, 0.29) is 57.2 Å². The Kier molecular flexibility index (Phi) is 22.2. The summed E-state index contributed by atoms with van der Waals surface area (Å²) in [5.74, 6) is -0.125. The first-order valence-electron chi connectivity index (χ1n) is 4.01. The van der Waals surface area contributed by atoms with Crippen molar-refractivity contribution in [3.8, 4) is 0 Å². The summed E-state index contributed by atoms with van der Waals surface area (Å²) in [4.78, 5) is 20.0. The summed E-state index contributed by atoms with van der Waals surface area (Å²) in [5.41, 5.74) is 0. The van der Waals surface area contributed by atoms with Crippen LogP contribution < -0.4 is 0 Å². The van der Waals surface area contributed by atoms with E-state index < -0.39 is 0 Å². The predicted octanol–water partition coefficient (Wildman–Crippen LogP) is 2.07. The van der Waals surface area contributed by atoms with Crippen molar-refractivity contribution in [2.45, 2.75) is 27.7 Å². The third-order valence-corrected chi connectivity index (χ3v) is 0.824. The molecule has 0 aliphatic heterocycles. The first-order chi connectivity index (χ1) is 6.25. The van der Waals surface area contributed by atoms with Gasteiger partial charge in [0.05, 0.1) is 11.5 Å². The van der Waals surface area contributed by atoms with E-state index in [0.717, 1.165) is 0 Å². The SMILES string of the molecule is CC(=O)/C=C(/C)O.CC(=O)/C=C(/C)O.[Cu].[Cu]. The van der Waals surface area contributed by atoms with Crippen molar-refractivity contribution in [2.24, 2.45) is 0 Å². The molecule has 0 aliphatic rings. The van der Waals surface area contributed by atoms with Crippen LogP contribution in [0, 0.1) is 0 Å². The molecule has 0 aliphatic carbocycles. The van der Waals surface area contributed by atoms with E-state index in [2.05, 4.69) is 0 Å². The van der Waals surface area contributed by atoms with Gasteiger partial charge in [0.1, 0.15) is 0 Å². The van der Waals surface area contributed by atoms with Crippen LogP contribution in [0.4, 0.5) is 0 Å². The molecule has 0 saturated heterocycles. The fourth-order valence-electron chi connectivity index (χ4n) is 0.588. The van der Waals surface area contributed by atoms with Crippen LogP contribution in [0.1, 0.15) is 27.7 Å². The molecule has 0 spiro atoms. The molecule has 0 bridgehead atoms. The fourth-order valence-corrected chi connectivity index (χ4v) is 0.588. The Labute approximate surface area is 117 Å². The quantitative estimate of drug-likeness (QED) is 0.462. The van der Waals surface area contributed by atoms with Crippen molar-refractivity contribution in [3.05, 3.63) is 23.7 Å². The monoisotopic (exact) mass is 326 g/mol. The summed E-state index contributed by atoms with van der Waals surface area (Å²) in [6, 6.07) is 0. The number of hydrogen-bond donors (Lipinski definition) is 2. The largest absolute Gasteiger partial charge is 0.512 e. The molecule has 0 aromatic carbocycles. The maximum absolute atomic E-state index is 10.0. The Bertz CT molecular complexity index is 234. The second kappa shape index (κ2) is 14.5. The molecule has 16 heavy (non-hydrogen) atoms. The molecule has 0 rings (SSSR count). The number of ketones is 2. The number of carbonyl (C=O) groups excluding carboxylic acids is 2. The first kappa shape index (κ1) is 24.6. The molecule has 0 fully saturated rings. The van der Waals surface area contributed by atoms with Crippen molar-refractivity contribution in [2.75, 3.05) is 0 Å². The Morgan fingerprint density at radius 2 is 0.938 bits per heavy atom. The average Bonchev–Trinajstić information content (AvgIpc) is 1.79. The first-order valence-corrected chi connectivity index (χ1v) is 4.01. The molecule has 0 atom stereocenters. The Balaban J connectivity index is -0.0000000800. The van der Waals surface area contributed by atoms with Gasteiger partial charge in [0.25, 0.3) is 0 Å². The van der Waals surface area contributed by atoms with E-state index >= 15 is 0 Å². The third-order valence-electron chi connectivity index (χ3n) is 0.824. The molecule has 102 valence electrons. The summed E-state index contributed by atoms with van der Waals surface area (Å²) in [6.45, 7) is 5.70. The van der Waals surface area contributed by atoms with E-state index in [1.54, 1.807) is 0 Å². The summed E-state index contributed by atoms with van der Waals surface area (Å²) in [7, 11) is 0. The molecule has 0 unspecified atom stereocenters. The van der Waals surface area contributed by atoms with E-state index in [1.165, 1.54) is 39.8 Å². The van der Waals surface area contributed by atoms with E-state index in [4.69, 9.17) is 10.2 Å². The van der Waals surface area contributed by atoms with Gasteiger partial charge in [0.2, 0.25) is 0 Å². The van der Waals surface area contributed by atoms with Crippen molar-refractivity contribution in [3.63, 3.8) is 0 Å². The van der Waals surface area contributed by atoms with Crippen LogP contribution in [0.5, 0.6) is 0 Å². The number of aliphatic hydroxyl groups is 2.